The molecule has 0 saturated carbocycles. The number of nitrogens with two attached hydrogens (primary N) is 2. The lowest BCUT2D eigenvalue weighted by Gasteiger charge is -2.26. The summed E-state index contributed by atoms with van der Waals surface area (Å²) in [6.45, 7) is 1.72. The second kappa shape index (κ2) is 37.3. The van der Waals surface area contributed by atoms with Gasteiger partial charge in [-0.15, -0.1) is 5.10 Å². The number of ether oxygens (including phenoxy) is 3. The van der Waals surface area contributed by atoms with Crippen LogP contribution in [0.4, 0.5) is 4.79 Å². The van der Waals surface area contributed by atoms with Gasteiger partial charge in [0.15, 0.2) is 17.3 Å². The number of aliphatic hydroxyl groups is 1. The largest absolute Gasteiger partial charge is 0.481 e. The van der Waals surface area contributed by atoms with Crippen molar-refractivity contribution in [3.63, 3.8) is 0 Å². The molecule has 1 unspecified atom stereocenters. The molecule has 1 aromatic carbocycles. The Bertz CT molecular complexity index is 2790. The zero-order chi connectivity index (χ0) is 65.0. The van der Waals surface area contributed by atoms with Crippen LogP contribution in [0.15, 0.2) is 36.5 Å². The van der Waals surface area contributed by atoms with Gasteiger partial charge in [-0.05, 0) is 57.4 Å². The zero-order valence-corrected chi connectivity index (χ0v) is 50.6. The molecule has 2 fully saturated rings. The van der Waals surface area contributed by atoms with Crippen LogP contribution in [0.2, 0.25) is 0 Å². The van der Waals surface area contributed by atoms with Crippen molar-refractivity contribution >= 4 is 88.3 Å². The molecule has 13 N–H and O–H groups in total. The average molecular weight is 1270 g/mol. The number of unbranched alkanes of at least 4 members (excludes halogenated alkanes) is 1. The van der Waals surface area contributed by atoms with Crippen molar-refractivity contribution in [2.45, 2.75) is 170 Å². The van der Waals surface area contributed by atoms with E-state index < -0.39 is 158 Å². The summed E-state index contributed by atoms with van der Waals surface area (Å²) in [5, 5.41) is 54.5. The van der Waals surface area contributed by atoms with Crippen molar-refractivity contribution in [3.05, 3.63) is 47.8 Å². The van der Waals surface area contributed by atoms with E-state index in [0.717, 1.165) is 31.9 Å². The maximum atomic E-state index is 14.2. The van der Waals surface area contributed by atoms with Crippen molar-refractivity contribution in [1.82, 2.24) is 46.9 Å². The van der Waals surface area contributed by atoms with Crippen LogP contribution in [0.3, 0.4) is 0 Å². The Morgan fingerprint density at radius 3 is 1.99 bits per heavy atom. The Morgan fingerprint density at radius 1 is 0.674 bits per heavy atom. The Balaban J connectivity index is 1.23. The fourth-order valence-corrected chi connectivity index (χ4v) is 12.1. The number of aliphatic hydroxyl groups excluding tert-OH is 1. The number of ketones is 4. The molecule has 30 nitrogen and oxygen atoms in total. The fourth-order valence-electron chi connectivity index (χ4n) is 10.5. The van der Waals surface area contributed by atoms with E-state index in [0.29, 0.717) is 43.1 Å². The highest BCUT2D eigenvalue weighted by Gasteiger charge is 2.43. The summed E-state index contributed by atoms with van der Waals surface area (Å²) in [4.78, 5) is 171. The van der Waals surface area contributed by atoms with Gasteiger partial charge in [0, 0.05) is 81.2 Å². The first-order valence-electron chi connectivity index (χ1n) is 29.8. The number of carbonyl (C=O) groups excluding carboxylic acids is 11. The summed E-state index contributed by atoms with van der Waals surface area (Å²) in [6.07, 6.45) is -1.27. The van der Waals surface area contributed by atoms with Gasteiger partial charge in [-0.3, -0.25) is 62.2 Å². The highest BCUT2D eigenvalue weighted by Crippen LogP contribution is 2.33. The summed E-state index contributed by atoms with van der Waals surface area (Å²) in [5.41, 5.74) is 11.8. The third kappa shape index (κ3) is 25.7. The first kappa shape index (κ1) is 72.0. The van der Waals surface area contributed by atoms with Gasteiger partial charge in [-0.2, -0.15) is 11.8 Å². The molecule has 490 valence electrons. The summed E-state index contributed by atoms with van der Waals surface area (Å²) in [7, 11) is 0. The highest BCUT2D eigenvalue weighted by molar-refractivity contribution is 8.00. The van der Waals surface area contributed by atoms with Crippen LogP contribution in [0.25, 0.3) is 0 Å². The van der Waals surface area contributed by atoms with Crippen LogP contribution in [0.1, 0.15) is 114 Å². The van der Waals surface area contributed by atoms with E-state index in [1.807, 2.05) is 11.8 Å². The summed E-state index contributed by atoms with van der Waals surface area (Å²) >= 11 is 1.85. The minimum atomic E-state index is -1.92. The molecule has 89 heavy (non-hydrogen) atoms. The first-order valence-corrected chi connectivity index (χ1v) is 30.8. The maximum absolute atomic E-state index is 14.2. The van der Waals surface area contributed by atoms with Gasteiger partial charge < -0.3 is 72.9 Å². The number of primary amides is 2. The van der Waals surface area contributed by atoms with Crippen LogP contribution < -0.4 is 43.4 Å². The van der Waals surface area contributed by atoms with E-state index in [9.17, 15) is 77.6 Å². The number of hydrogen-bond donors (Lipinski definition) is 11. The molecule has 2 bridgehead atoms. The number of nitrogens with one attached hydrogen (secondary N) is 6. The lowest BCUT2D eigenvalue weighted by molar-refractivity contribution is -0.142. The number of carboxylic acid groups (broad SMARTS) is 2. The number of urea groups is 1. The van der Waals surface area contributed by atoms with Crippen LogP contribution in [0, 0.1) is 17.8 Å². The molecule has 2 aromatic rings. The van der Waals surface area contributed by atoms with Gasteiger partial charge in [-0.25, -0.2) is 4.79 Å². The number of amides is 8. The fraction of sp³-hybridized carbons (Fsp3) is 0.638. The molecule has 3 aliphatic rings. The Kier molecular flexibility index (Phi) is 30.2. The van der Waals surface area contributed by atoms with E-state index in [1.165, 1.54) is 10.9 Å². The lowest BCUT2D eigenvalue weighted by atomic mass is 9.89. The van der Waals surface area contributed by atoms with E-state index in [4.69, 9.17) is 25.7 Å². The molecule has 4 heterocycles. The summed E-state index contributed by atoms with van der Waals surface area (Å²) < 4.78 is 18.1. The minimum Gasteiger partial charge on any atom is -0.481 e. The molecule has 5 rings (SSSR count). The number of nitrogens with zero attached hydrogens (tertiary/aromatic N) is 3. The van der Waals surface area contributed by atoms with E-state index >= 15 is 0 Å². The minimum absolute atomic E-state index is 0.0229. The van der Waals surface area contributed by atoms with E-state index in [1.54, 1.807) is 30.3 Å². The molecule has 8 amide bonds. The Labute approximate surface area is 517 Å². The molecular weight excluding hydrogens is 1190 g/mol. The van der Waals surface area contributed by atoms with Crippen molar-refractivity contribution in [1.29, 1.82) is 0 Å². The van der Waals surface area contributed by atoms with Gasteiger partial charge in [0.1, 0.15) is 30.5 Å². The highest BCUT2D eigenvalue weighted by atomic mass is 32.2. The van der Waals surface area contributed by atoms with Crippen LogP contribution >= 0.6 is 11.8 Å². The molecule has 0 aliphatic carbocycles. The number of aryl methyl sites for hydroxylation is 1. The van der Waals surface area contributed by atoms with Gasteiger partial charge >= 0.3 is 18.0 Å². The monoisotopic (exact) mass is 1270 g/mol. The Hall–Kier alpha value is -7.74. The van der Waals surface area contributed by atoms with E-state index in [2.05, 4.69) is 42.2 Å². The van der Waals surface area contributed by atoms with Crippen LogP contribution in [-0.2, 0) is 91.1 Å². The molecular formula is C58H83N11O19S. The number of hydrogen-bond acceptors (Lipinski definition) is 20. The molecule has 0 radical (unpaired) electrons. The van der Waals surface area contributed by atoms with Gasteiger partial charge in [0.2, 0.25) is 35.4 Å². The second-order valence-corrected chi connectivity index (χ2v) is 23.8. The average Bonchev–Trinajstić information content (AvgIpc) is 2.09. The molecule has 3 aliphatic heterocycles. The quantitative estimate of drug-likeness (QED) is 0.0334. The normalized spacial score (nSPS) is 24.8. The third-order valence-corrected chi connectivity index (χ3v) is 16.7. The molecule has 31 heteroatoms. The van der Waals surface area contributed by atoms with Gasteiger partial charge in [0.05, 0.1) is 81.0 Å². The number of thioether (sulfide) groups is 1. The lowest BCUT2D eigenvalue weighted by Crippen LogP contribution is -2.54. The topological polar surface area (TPSA) is 465 Å². The number of aliphatic carboxylic acids is 2. The molecule has 11 atom stereocenters. The number of Topliss-reactive ketones (excluding diaryl/α,β-unsaturated/α-hetero) is 4. The van der Waals surface area contributed by atoms with Crippen molar-refractivity contribution in [2.24, 2.45) is 29.2 Å². The summed E-state index contributed by atoms with van der Waals surface area (Å²) in [6, 6.07) is 1.39. The number of fused-ring (bicyclic) bond motifs is 3. The number of carboxylic acids is 2. The first-order chi connectivity index (χ1) is 42.4. The maximum Gasteiger partial charge on any atom is 0.315 e. The Morgan fingerprint density at radius 2 is 1.30 bits per heavy atom. The third-order valence-electron chi connectivity index (χ3n) is 15.2. The number of aromatic nitrogens is 3. The van der Waals surface area contributed by atoms with Crippen molar-refractivity contribution in [2.75, 3.05) is 45.4 Å². The number of rotatable bonds is 29. The van der Waals surface area contributed by atoms with Gasteiger partial charge in [-0.1, -0.05) is 42.0 Å². The predicted octanol–water partition coefficient (Wildman–Crippen LogP) is -1.27. The number of benzene rings is 1. The second-order valence-electron chi connectivity index (χ2n) is 22.5. The molecule has 2 saturated heterocycles. The van der Waals surface area contributed by atoms with E-state index in [-0.39, 0.29) is 88.2 Å². The van der Waals surface area contributed by atoms with Crippen LogP contribution in [-0.4, -0.2) is 200 Å². The zero-order valence-electron chi connectivity index (χ0n) is 49.8. The van der Waals surface area contributed by atoms with Crippen LogP contribution in [0.5, 0.6) is 0 Å². The standard InChI is InChI=1S/C58H83N11O19S/c1-33(70)51-46(74)26-37(27-48(59)75)55(82)62-42(28-49(76)77)45(73)25-35(22-34-10-3-2-4-11-34)54(81)63-43(29-50(78)79)57(84)61-41(53(60)80)14-7-8-16-69-30-38(67-68-69)23-36(56(83)65-51)24-40(72)31-88-21-20-87-19-18-86-17-9-13-39(71)12-5-6-15-47-52-44(32-89-47)64-58(85)66-52/h2-4,10-11,30,33,35-37,41-44,47,51-52,70H,5-9,12-29,31-32H2,1H3,(H2,59,75)(H2,60,80)(H,61,84)(H,62,82)(H,63,81)(H,65,83)(H,76,77)(H,78,79)(H2,64,66,85)/t33?,35-,36-,37+,41+,42+,43+,44-,47-,51+,52-/m1/s1. The SMILES string of the molecule is CC(O)[C@@H]1NC(=O)[C@@H](CC(=O)COCCOCCOCCCC(=O)CCCC[C@H]2SC[C@H]3NC(=O)N[C@H]32)Cc2cn(nn2)CCCC[C@@H](C(N)=O)NC(=O)[C@H](CC(=O)O)NC(=O)[C@H](Cc2ccccc2)CC(=O)[C@H](CC(=O)O)NC(=O)[C@H](CC(N)=O)CC1=O. The molecule has 0 spiro atoms. The number of carbonyl (C=O) groups is 13. The molecule has 1 aromatic heterocycles. The smallest absolute Gasteiger partial charge is 0.315 e. The summed E-state index contributed by atoms with van der Waals surface area (Å²) in [5.74, 6) is -15.6. The predicted molar refractivity (Wildman–Crippen MR) is 315 cm³/mol. The van der Waals surface area contributed by atoms with Gasteiger partial charge in [0.25, 0.3) is 0 Å². The van der Waals surface area contributed by atoms with Crippen molar-refractivity contribution in [3.8, 4) is 0 Å². The van der Waals surface area contributed by atoms with Crippen molar-refractivity contribution < 1.29 is 91.9 Å².